The molecule has 0 atom stereocenters. The molecule has 2 aliphatic rings. The molecular formula is C40H28ClN10O16S3+. The minimum Gasteiger partial charge on any atom is -0.506 e. The fourth-order valence-electron chi connectivity index (χ4n) is 6.17. The summed E-state index contributed by atoms with van der Waals surface area (Å²) in [7, 11) is -14.9. The number of nitrogens with one attached hydrogen (secondary N) is 1. The van der Waals surface area contributed by atoms with Crippen LogP contribution in [0, 0.1) is 10.1 Å². The number of carbonyl (C=O) groups excluding carboxylic acids is 1. The lowest BCUT2D eigenvalue weighted by Gasteiger charge is -2.12. The molecular weight excluding hydrogens is 1010 g/mol. The first-order chi connectivity index (χ1) is 32.8. The molecule has 30 heteroatoms. The second kappa shape index (κ2) is 19.5. The van der Waals surface area contributed by atoms with Crippen molar-refractivity contribution in [3.05, 3.63) is 136 Å². The van der Waals surface area contributed by atoms with Crippen LogP contribution in [0.15, 0.2) is 171 Å². The first kappa shape index (κ1) is 49.8. The van der Waals surface area contributed by atoms with Gasteiger partial charge in [-0.15, -0.1) is 30.8 Å². The number of phenols is 2. The molecule has 0 bridgehead atoms. The van der Waals surface area contributed by atoms with Gasteiger partial charge in [0, 0.05) is 29.6 Å². The number of nitro groups is 1. The van der Waals surface area contributed by atoms with E-state index in [1.165, 1.54) is 60.7 Å². The fraction of sp³-hybridized carbons (Fsp3) is 0. The molecule has 2 aliphatic carbocycles. The molecule has 0 heterocycles. The number of aliphatic imine (C=N–C) groups is 1. The minimum absolute atomic E-state index is 0.0758. The summed E-state index contributed by atoms with van der Waals surface area (Å²) in [6.07, 6.45) is 9.74. The molecule has 7 rings (SSSR count). The van der Waals surface area contributed by atoms with Gasteiger partial charge in [0.1, 0.15) is 39.1 Å². The molecule has 5 aromatic rings. The van der Waals surface area contributed by atoms with Crippen LogP contribution in [-0.4, -0.2) is 83.5 Å². The van der Waals surface area contributed by atoms with Crippen molar-refractivity contribution in [3.63, 3.8) is 0 Å². The van der Waals surface area contributed by atoms with Gasteiger partial charge in [-0.05, 0) is 101 Å². The van der Waals surface area contributed by atoms with Crippen molar-refractivity contribution in [2.75, 3.05) is 10.5 Å². The van der Waals surface area contributed by atoms with Crippen molar-refractivity contribution in [2.24, 2.45) is 35.7 Å². The predicted molar refractivity (Wildman–Crippen MR) is 250 cm³/mol. The zero-order valence-electron chi connectivity index (χ0n) is 34.4. The smallest absolute Gasteiger partial charge is 0.388 e. The zero-order valence-corrected chi connectivity index (χ0v) is 37.6. The van der Waals surface area contributed by atoms with Crippen molar-refractivity contribution >= 4 is 122 Å². The molecule has 0 aliphatic heterocycles. The molecule has 5 aromatic carbocycles. The lowest BCUT2D eigenvalue weighted by molar-refractivity contribution is -0.385. The normalized spacial score (nSPS) is 14.8. The molecule has 0 spiro atoms. The SMILES string of the molecule is O=C1C=C(Nc2ccc(N=Nc3cc(S(=O)(=O)O)cc4cc(S(=O)(=O)O)c(N=Nc5ccc(N(O)O)cc5Cl)c(O)c34)c(O)c2)C=CC1=NN=C1C=CC(=Nc2ccc([N+](=O)[O-])cc2[S+](=O)(O)O)C=C1. The molecule has 0 saturated carbocycles. The number of hydrogen-bond donors (Lipinski definition) is 9. The number of aromatic hydroxyl groups is 2. The number of carbonyl (C=O) groups is 1. The van der Waals surface area contributed by atoms with Gasteiger partial charge >= 0.3 is 10.5 Å². The first-order valence-corrected chi connectivity index (χ1v) is 23.6. The number of azo groups is 2. The number of allylic oxidation sites excluding steroid dienone is 7. The number of anilines is 2. The summed E-state index contributed by atoms with van der Waals surface area (Å²) >= 11 is 6.12. The first-order valence-electron chi connectivity index (χ1n) is 18.9. The van der Waals surface area contributed by atoms with Crippen LogP contribution in [0.25, 0.3) is 10.8 Å². The summed E-state index contributed by atoms with van der Waals surface area (Å²) in [5.74, 6) is -2.13. The van der Waals surface area contributed by atoms with Gasteiger partial charge in [-0.3, -0.25) is 34.4 Å². The monoisotopic (exact) mass is 1040 g/mol. The Balaban J connectivity index is 1.10. The maximum atomic E-state index is 12.9. The number of phenolic OH excluding ortho intramolecular Hbond substituents is 2. The third kappa shape index (κ3) is 11.4. The number of nitro benzene ring substituents is 1. The minimum atomic E-state index is -5.24. The van der Waals surface area contributed by atoms with Crippen molar-refractivity contribution < 1.29 is 69.6 Å². The van der Waals surface area contributed by atoms with E-state index in [-0.39, 0.29) is 61.5 Å². The Morgan fingerprint density at radius 3 is 2.00 bits per heavy atom. The van der Waals surface area contributed by atoms with Gasteiger partial charge in [0.25, 0.3) is 30.8 Å². The quantitative estimate of drug-likeness (QED) is 0.0101. The van der Waals surface area contributed by atoms with Crippen LogP contribution in [0.4, 0.5) is 45.5 Å². The summed E-state index contributed by atoms with van der Waals surface area (Å²) < 4.78 is 101. The van der Waals surface area contributed by atoms with Crippen LogP contribution in [-0.2, 0) is 39.7 Å². The summed E-state index contributed by atoms with van der Waals surface area (Å²) in [5, 5.41) is 76.8. The molecule has 0 radical (unpaired) electrons. The van der Waals surface area contributed by atoms with Gasteiger partial charge in [-0.25, -0.2) is 4.99 Å². The Labute approximate surface area is 398 Å². The Morgan fingerprint density at radius 2 is 1.39 bits per heavy atom. The van der Waals surface area contributed by atoms with Crippen LogP contribution in [0.2, 0.25) is 5.02 Å². The van der Waals surface area contributed by atoms with Crippen molar-refractivity contribution in [1.29, 1.82) is 0 Å². The molecule has 70 heavy (non-hydrogen) atoms. The fourth-order valence-corrected chi connectivity index (χ4v) is 8.23. The standard InChI is InChI=1S/C40H27ClN10O16S3/c41-28-17-25(50(55)56)7-11-29(28)45-49-39-37(70(65,66)67)14-20-13-27(68(59,60)61)19-33(38(20)40(39)54)48-47-31-10-6-24(16-35(31)53)42-23-5-9-30(34(52)15-23)46-44-22-3-1-21(2-4-22)43-32-12-8-26(51(57)58)18-36(32)69(62,63)64/h1-19,55-56H,(H6-,42,45,48,52,53,54,59,60,61,62,63,64,65,66,67)/p+1. The molecule has 0 fully saturated rings. The van der Waals surface area contributed by atoms with Crippen molar-refractivity contribution in [3.8, 4) is 11.5 Å². The molecule has 0 unspecified atom stereocenters. The Bertz CT molecular complexity index is 3640. The van der Waals surface area contributed by atoms with Gasteiger partial charge in [0.2, 0.25) is 5.78 Å². The van der Waals surface area contributed by atoms with Crippen LogP contribution < -0.4 is 10.5 Å². The maximum absolute atomic E-state index is 12.9. The Hall–Kier alpha value is -8.10. The average Bonchev–Trinajstić information content (AvgIpc) is 3.27. The second-order valence-electron chi connectivity index (χ2n) is 14.1. The Morgan fingerprint density at radius 1 is 0.729 bits per heavy atom. The van der Waals surface area contributed by atoms with E-state index in [9.17, 15) is 74.8 Å². The second-order valence-corrected chi connectivity index (χ2v) is 18.8. The molecule has 0 aromatic heterocycles. The lowest BCUT2D eigenvalue weighted by Crippen LogP contribution is -2.15. The highest BCUT2D eigenvalue weighted by Gasteiger charge is 2.33. The predicted octanol–water partition coefficient (Wildman–Crippen LogP) is 8.66. The molecule has 9 N–H and O–H groups in total. The Kier molecular flexibility index (Phi) is 13.9. The van der Waals surface area contributed by atoms with Gasteiger partial charge in [0.15, 0.2) is 5.75 Å². The topological polar surface area (TPSA) is 409 Å². The molecule has 358 valence electrons. The maximum Gasteiger partial charge on any atom is 0.388 e. The van der Waals surface area contributed by atoms with Gasteiger partial charge in [-0.2, -0.15) is 31.0 Å². The van der Waals surface area contributed by atoms with Gasteiger partial charge in [0.05, 0.1) is 49.1 Å². The largest absolute Gasteiger partial charge is 0.506 e. The highest BCUT2D eigenvalue weighted by atomic mass is 35.5. The third-order valence-electron chi connectivity index (χ3n) is 9.40. The van der Waals surface area contributed by atoms with E-state index < -0.39 is 95.5 Å². The number of benzene rings is 5. The number of rotatable bonds is 13. The molecule has 26 nitrogen and oxygen atoms in total. The van der Waals surface area contributed by atoms with E-state index in [0.29, 0.717) is 6.07 Å². The van der Waals surface area contributed by atoms with Gasteiger partial charge in [-0.1, -0.05) is 11.6 Å². The van der Waals surface area contributed by atoms with Crippen LogP contribution >= 0.6 is 11.6 Å². The lowest BCUT2D eigenvalue weighted by atomic mass is 10.1. The number of non-ortho nitro benzene ring substituents is 1. The van der Waals surface area contributed by atoms with Crippen molar-refractivity contribution in [2.45, 2.75) is 14.7 Å². The summed E-state index contributed by atoms with van der Waals surface area (Å²) in [6.45, 7) is 0. The molecule has 0 amide bonds. The highest BCUT2D eigenvalue weighted by Crippen LogP contribution is 2.47. The number of nitrogens with zero attached hydrogens (tertiary/aromatic N) is 9. The number of ketones is 1. The third-order valence-corrected chi connectivity index (χ3v) is 12.3. The van der Waals surface area contributed by atoms with Crippen LogP contribution in [0.5, 0.6) is 11.5 Å². The van der Waals surface area contributed by atoms with E-state index in [1.54, 1.807) is 0 Å². The number of fused-ring (bicyclic) bond motifs is 1. The van der Waals surface area contributed by atoms with E-state index >= 15 is 0 Å². The van der Waals surface area contributed by atoms with E-state index in [2.05, 4.69) is 41.0 Å². The number of halogens is 1. The van der Waals surface area contributed by atoms with E-state index in [4.69, 9.17) is 11.6 Å². The summed E-state index contributed by atoms with van der Waals surface area (Å²) in [6, 6.07) is 12.2. The van der Waals surface area contributed by atoms with E-state index in [0.717, 1.165) is 48.5 Å². The van der Waals surface area contributed by atoms with Gasteiger partial charge < -0.3 is 15.5 Å². The summed E-state index contributed by atoms with van der Waals surface area (Å²) in [5.41, 5.74) is -1.91. The zero-order chi connectivity index (χ0) is 50.9. The van der Waals surface area contributed by atoms with Crippen molar-refractivity contribution in [1.82, 2.24) is 0 Å². The summed E-state index contributed by atoms with van der Waals surface area (Å²) in [4.78, 5) is 24.8. The highest BCUT2D eigenvalue weighted by molar-refractivity contribution is 7.92. The molecule has 0 saturated heterocycles. The van der Waals surface area contributed by atoms with Crippen LogP contribution in [0.1, 0.15) is 0 Å². The average molecular weight is 1040 g/mol. The van der Waals surface area contributed by atoms with E-state index in [1.807, 2.05) is 0 Å². The number of hydrogen-bond acceptors (Lipinski definition) is 21. The van der Waals surface area contributed by atoms with Crippen LogP contribution in [0.3, 0.4) is 0 Å².